The minimum Gasteiger partial charge on any atom is -0.0654 e. The Morgan fingerprint density at radius 2 is 0.690 bits per heavy atom. The van der Waals surface area contributed by atoms with Crippen LogP contribution in [0.25, 0.3) is 0 Å². The van der Waals surface area contributed by atoms with Crippen LogP contribution >= 0.6 is 0 Å². The van der Waals surface area contributed by atoms with Crippen LogP contribution < -0.4 is 0 Å². The molecule has 1 aliphatic rings. The predicted octanol–water partition coefficient (Wildman–Crippen LogP) is 13.9. The third-order valence-corrected chi connectivity index (χ3v) is 10.4. The van der Waals surface area contributed by atoms with Gasteiger partial charge in [0.05, 0.1) is 0 Å². The van der Waals surface area contributed by atoms with Gasteiger partial charge in [0.15, 0.2) is 0 Å². The standard InChI is InChI=1S/C42H68/c1-3-5-7-9-11-13-15-17-19-22-26-38-28-32-40(33-29-38)42(36-24-21-25-37-42)41-34-30-39(31-35-41)27-23-20-18-16-14-12-10-8-6-4-2/h28-35H,3-27,36-37H2,1-2H3. The monoisotopic (exact) mass is 573 g/mol. The summed E-state index contributed by atoms with van der Waals surface area (Å²) in [5, 5.41) is 0. The van der Waals surface area contributed by atoms with Gasteiger partial charge >= 0.3 is 0 Å². The Kier molecular flexibility index (Phi) is 18.3. The molecule has 0 amide bonds. The first-order valence-corrected chi connectivity index (χ1v) is 19.0. The third-order valence-electron chi connectivity index (χ3n) is 10.4. The van der Waals surface area contributed by atoms with Crippen molar-refractivity contribution in [2.45, 2.75) is 193 Å². The number of benzene rings is 2. The largest absolute Gasteiger partial charge is 0.0654 e. The van der Waals surface area contributed by atoms with Gasteiger partial charge in [-0.1, -0.05) is 197 Å². The maximum Gasteiger partial charge on any atom is 0.0202 e. The Morgan fingerprint density at radius 3 is 1.02 bits per heavy atom. The van der Waals surface area contributed by atoms with Crippen LogP contribution in [0.5, 0.6) is 0 Å². The predicted molar refractivity (Wildman–Crippen MR) is 188 cm³/mol. The molecule has 1 saturated carbocycles. The van der Waals surface area contributed by atoms with Crippen molar-refractivity contribution in [1.82, 2.24) is 0 Å². The molecule has 0 unspecified atom stereocenters. The van der Waals surface area contributed by atoms with Gasteiger partial charge in [-0.25, -0.2) is 0 Å². The molecule has 0 saturated heterocycles. The van der Waals surface area contributed by atoms with E-state index in [9.17, 15) is 0 Å². The van der Waals surface area contributed by atoms with Crippen LogP contribution in [0, 0.1) is 0 Å². The summed E-state index contributed by atoms with van der Waals surface area (Å²) in [5.41, 5.74) is 6.43. The van der Waals surface area contributed by atoms with E-state index < -0.39 is 0 Å². The molecular formula is C42H68. The molecule has 0 nitrogen and oxygen atoms in total. The lowest BCUT2D eigenvalue weighted by atomic mass is 9.65. The molecule has 1 aliphatic carbocycles. The van der Waals surface area contributed by atoms with E-state index in [1.54, 1.807) is 11.1 Å². The van der Waals surface area contributed by atoms with Crippen molar-refractivity contribution in [2.75, 3.05) is 0 Å². The quantitative estimate of drug-likeness (QED) is 0.110. The van der Waals surface area contributed by atoms with Gasteiger partial charge in [0.2, 0.25) is 0 Å². The summed E-state index contributed by atoms with van der Waals surface area (Å²) in [5.74, 6) is 0. The van der Waals surface area contributed by atoms with Gasteiger partial charge < -0.3 is 0 Å². The Morgan fingerprint density at radius 1 is 0.381 bits per heavy atom. The molecule has 3 rings (SSSR count). The molecule has 1 fully saturated rings. The molecule has 0 bridgehead atoms. The highest BCUT2D eigenvalue weighted by Crippen LogP contribution is 2.45. The van der Waals surface area contributed by atoms with Gasteiger partial charge in [-0.15, -0.1) is 0 Å². The summed E-state index contributed by atoms with van der Waals surface area (Å²) in [7, 11) is 0. The molecule has 0 radical (unpaired) electrons. The maximum atomic E-state index is 2.49. The molecule has 0 aliphatic heterocycles. The third kappa shape index (κ3) is 13.0. The second kappa shape index (κ2) is 22.0. The van der Waals surface area contributed by atoms with Gasteiger partial charge in [-0.05, 0) is 60.8 Å². The zero-order valence-corrected chi connectivity index (χ0v) is 28.2. The second-order valence-corrected chi connectivity index (χ2v) is 13.9. The van der Waals surface area contributed by atoms with Gasteiger partial charge in [0.25, 0.3) is 0 Å². The lowest BCUT2D eigenvalue weighted by molar-refractivity contribution is 0.346. The van der Waals surface area contributed by atoms with Crippen LogP contribution in [-0.4, -0.2) is 0 Å². The van der Waals surface area contributed by atoms with Crippen molar-refractivity contribution in [2.24, 2.45) is 0 Å². The number of hydrogen-bond acceptors (Lipinski definition) is 0. The Bertz CT molecular complexity index is 813. The van der Waals surface area contributed by atoms with Crippen molar-refractivity contribution < 1.29 is 0 Å². The van der Waals surface area contributed by atoms with Crippen LogP contribution in [0.2, 0.25) is 0 Å². The summed E-state index contributed by atoms with van der Waals surface area (Å²) in [6.07, 6.45) is 37.6. The van der Waals surface area contributed by atoms with Crippen LogP contribution in [0.3, 0.4) is 0 Å². The normalized spacial score (nSPS) is 14.8. The molecule has 0 atom stereocenters. The Labute approximate surface area is 262 Å². The summed E-state index contributed by atoms with van der Waals surface area (Å²) in [6, 6.07) is 19.8. The van der Waals surface area contributed by atoms with E-state index in [0.29, 0.717) is 0 Å². The summed E-state index contributed by atoms with van der Waals surface area (Å²) in [4.78, 5) is 0. The van der Waals surface area contributed by atoms with Gasteiger partial charge in [-0.2, -0.15) is 0 Å². The second-order valence-electron chi connectivity index (χ2n) is 13.9. The van der Waals surface area contributed by atoms with Gasteiger partial charge in [-0.3, -0.25) is 0 Å². The summed E-state index contributed by atoms with van der Waals surface area (Å²) < 4.78 is 0. The lowest BCUT2D eigenvalue weighted by Gasteiger charge is -2.39. The van der Waals surface area contributed by atoms with E-state index in [2.05, 4.69) is 62.4 Å². The lowest BCUT2D eigenvalue weighted by Crippen LogP contribution is -2.30. The highest BCUT2D eigenvalue weighted by atomic mass is 14.4. The minimum absolute atomic E-state index is 0.226. The number of hydrogen-bond donors (Lipinski definition) is 0. The Hall–Kier alpha value is -1.56. The fourth-order valence-electron chi connectivity index (χ4n) is 7.51. The average Bonchev–Trinajstić information content (AvgIpc) is 3.04. The van der Waals surface area contributed by atoms with Gasteiger partial charge in [0.1, 0.15) is 0 Å². The first kappa shape index (κ1) is 34.9. The van der Waals surface area contributed by atoms with E-state index in [1.165, 1.54) is 184 Å². The van der Waals surface area contributed by atoms with Crippen molar-refractivity contribution in [1.29, 1.82) is 0 Å². The zero-order valence-electron chi connectivity index (χ0n) is 28.2. The van der Waals surface area contributed by atoms with Crippen molar-refractivity contribution in [3.05, 3.63) is 70.8 Å². The van der Waals surface area contributed by atoms with Crippen LogP contribution in [-0.2, 0) is 18.3 Å². The average molecular weight is 573 g/mol. The van der Waals surface area contributed by atoms with Crippen LogP contribution in [0.1, 0.15) is 197 Å². The van der Waals surface area contributed by atoms with E-state index >= 15 is 0 Å². The maximum absolute atomic E-state index is 2.49. The van der Waals surface area contributed by atoms with Crippen molar-refractivity contribution in [3.63, 3.8) is 0 Å². The zero-order chi connectivity index (χ0) is 29.6. The molecular weight excluding hydrogens is 504 g/mol. The number of aryl methyl sites for hydroxylation is 2. The fourth-order valence-corrected chi connectivity index (χ4v) is 7.51. The topological polar surface area (TPSA) is 0 Å². The minimum atomic E-state index is 0.226. The Balaban J connectivity index is 1.40. The molecule has 0 aromatic heterocycles. The van der Waals surface area contributed by atoms with Crippen LogP contribution in [0.15, 0.2) is 48.5 Å². The molecule has 0 spiro atoms. The molecule has 42 heavy (non-hydrogen) atoms. The molecule has 236 valence electrons. The first-order valence-electron chi connectivity index (χ1n) is 19.0. The number of unbranched alkanes of at least 4 members (excludes halogenated alkanes) is 18. The highest BCUT2D eigenvalue weighted by Gasteiger charge is 2.35. The summed E-state index contributed by atoms with van der Waals surface area (Å²) >= 11 is 0. The van der Waals surface area contributed by atoms with E-state index in [-0.39, 0.29) is 5.41 Å². The molecule has 0 heteroatoms. The molecule has 2 aromatic rings. The van der Waals surface area contributed by atoms with Crippen LogP contribution in [0.4, 0.5) is 0 Å². The van der Waals surface area contributed by atoms with Gasteiger partial charge in [0, 0.05) is 5.41 Å². The van der Waals surface area contributed by atoms with Crippen molar-refractivity contribution >= 4 is 0 Å². The summed E-state index contributed by atoms with van der Waals surface area (Å²) in [6.45, 7) is 4.61. The molecule has 0 N–H and O–H groups in total. The number of rotatable bonds is 24. The van der Waals surface area contributed by atoms with E-state index in [1.807, 2.05) is 0 Å². The van der Waals surface area contributed by atoms with E-state index in [0.717, 1.165) is 0 Å². The smallest absolute Gasteiger partial charge is 0.0202 e. The highest BCUT2D eigenvalue weighted by molar-refractivity contribution is 5.42. The molecule has 2 aromatic carbocycles. The fraction of sp³-hybridized carbons (Fsp3) is 0.714. The SMILES string of the molecule is CCCCCCCCCCCCc1ccc(C2(c3ccc(CCCCCCCCCCCC)cc3)CCCCC2)cc1. The van der Waals surface area contributed by atoms with Crippen molar-refractivity contribution in [3.8, 4) is 0 Å². The first-order chi connectivity index (χ1) is 20.8. The van der Waals surface area contributed by atoms with E-state index in [4.69, 9.17) is 0 Å². The molecule has 0 heterocycles.